The van der Waals surface area contributed by atoms with Crippen molar-refractivity contribution < 1.29 is 26.4 Å². The van der Waals surface area contributed by atoms with Gasteiger partial charge in [0.1, 0.15) is 18.9 Å². The Balaban J connectivity index is 0.00000105. The summed E-state index contributed by atoms with van der Waals surface area (Å²) in [4.78, 5) is 2.18. The van der Waals surface area contributed by atoms with Crippen LogP contribution in [0.15, 0.2) is 72.8 Å². The van der Waals surface area contributed by atoms with Crippen molar-refractivity contribution >= 4 is 12.4 Å². The Morgan fingerprint density at radius 2 is 1.19 bits per heavy atom. The van der Waals surface area contributed by atoms with Crippen molar-refractivity contribution in [3.63, 3.8) is 0 Å². The van der Waals surface area contributed by atoms with Crippen molar-refractivity contribution in [3.8, 4) is 5.75 Å². The number of nitrogens with zero attached hydrogens (tertiary/aromatic N) is 2. The molecule has 0 aromatic heterocycles. The van der Waals surface area contributed by atoms with Gasteiger partial charge in [0, 0.05) is 12.1 Å². The van der Waals surface area contributed by atoms with Crippen LogP contribution in [0.25, 0.3) is 0 Å². The molecule has 4 nitrogen and oxygen atoms in total. The topological polar surface area (TPSA) is 21.7 Å². The Hall–Kier alpha value is -2.08. The summed E-state index contributed by atoms with van der Waals surface area (Å²) in [6.45, 7) is 16.7. The molecular formula is C48H80Cl2N2O2. The average molecular weight is 788 g/mol. The van der Waals surface area contributed by atoms with Gasteiger partial charge in [-0.2, -0.15) is 0 Å². The van der Waals surface area contributed by atoms with Gasteiger partial charge in [0.2, 0.25) is 0 Å². The van der Waals surface area contributed by atoms with Crippen molar-refractivity contribution in [1.29, 1.82) is 0 Å². The highest BCUT2D eigenvalue weighted by molar-refractivity contribution is 5.85. The van der Waals surface area contributed by atoms with Gasteiger partial charge in [-0.3, -0.25) is 0 Å². The Bertz CT molecular complexity index is 1300. The van der Waals surface area contributed by atoms with Gasteiger partial charge in [0.05, 0.1) is 33.9 Å². The first-order valence-electron chi connectivity index (χ1n) is 20.9. The Morgan fingerprint density at radius 3 is 1.76 bits per heavy atom. The van der Waals surface area contributed by atoms with Crippen LogP contribution in [0.2, 0.25) is 0 Å². The lowest BCUT2D eigenvalue weighted by Gasteiger charge is -2.30. The van der Waals surface area contributed by atoms with Gasteiger partial charge >= 0.3 is 0 Å². The normalized spacial score (nSPS) is 11.3. The molecule has 0 aliphatic carbocycles. The van der Waals surface area contributed by atoms with E-state index < -0.39 is 0 Å². The van der Waals surface area contributed by atoms with Crippen molar-refractivity contribution in [1.82, 2.24) is 4.90 Å². The standard InChI is InChI=1S/C27H41NO2.C21H38N.2ClH/c1-21(2)18-25-8-7-9-27(26(25)19-22(3)4)30-17-16-29-15-14-23-10-12-24(13-11-23)20-28(5)6;1-4-5-6-7-8-9-10-11-12-16-19-22(2,3)20-21-17-14-13-15-18-21;;/h7-13,21-22H,14-20H2,1-6H3;13-15,17-18H,4-12,16,19-20H2,1-3H3;2*1H/q;+1;;/p-1. The molecule has 3 aromatic rings. The van der Waals surface area contributed by atoms with Gasteiger partial charge in [-0.15, -0.1) is 12.4 Å². The van der Waals surface area contributed by atoms with Crippen LogP contribution in [0.5, 0.6) is 5.75 Å². The molecule has 0 amide bonds. The van der Waals surface area contributed by atoms with Gasteiger partial charge in [-0.1, -0.05) is 153 Å². The quantitative estimate of drug-likeness (QED) is 0.0599. The number of halogens is 2. The summed E-state index contributed by atoms with van der Waals surface area (Å²) in [6, 6.07) is 26.2. The van der Waals surface area contributed by atoms with E-state index >= 15 is 0 Å². The molecule has 3 rings (SSSR count). The third-order valence-electron chi connectivity index (χ3n) is 9.58. The molecule has 0 spiro atoms. The van der Waals surface area contributed by atoms with E-state index in [1.165, 1.54) is 98.6 Å². The van der Waals surface area contributed by atoms with Crippen LogP contribution >= 0.6 is 12.4 Å². The minimum absolute atomic E-state index is 0. The first-order chi connectivity index (χ1) is 25.0. The zero-order chi connectivity index (χ0) is 38.0. The van der Waals surface area contributed by atoms with Gasteiger partial charge in [0.25, 0.3) is 0 Å². The van der Waals surface area contributed by atoms with Gasteiger partial charge < -0.3 is 31.3 Å². The molecule has 54 heavy (non-hydrogen) atoms. The molecule has 0 heterocycles. The largest absolute Gasteiger partial charge is 1.00 e. The molecule has 0 aliphatic heterocycles. The van der Waals surface area contributed by atoms with Crippen LogP contribution in [0.4, 0.5) is 0 Å². The average Bonchev–Trinajstić information content (AvgIpc) is 3.09. The van der Waals surface area contributed by atoms with E-state index in [0.29, 0.717) is 25.0 Å². The molecule has 0 fully saturated rings. The molecule has 0 unspecified atom stereocenters. The van der Waals surface area contributed by atoms with Gasteiger partial charge in [-0.05, 0) is 86.4 Å². The number of hydrogen-bond acceptors (Lipinski definition) is 3. The van der Waals surface area contributed by atoms with Crippen LogP contribution in [-0.4, -0.2) is 63.9 Å². The van der Waals surface area contributed by atoms with Crippen molar-refractivity contribution in [2.45, 2.75) is 131 Å². The SMILES string of the molecule is CC(C)Cc1cccc(OCCOCCc2ccc(CN(C)C)cc2)c1CC(C)C.CCCCCCCCCCCC[N+](C)(C)Cc1ccccc1.Cl.[Cl-]. The van der Waals surface area contributed by atoms with Crippen LogP contribution in [0, 0.1) is 11.8 Å². The van der Waals surface area contributed by atoms with E-state index in [1.807, 2.05) is 0 Å². The fraction of sp³-hybridized carbons (Fsp3) is 0.625. The number of rotatable bonds is 26. The third kappa shape index (κ3) is 25.2. The van der Waals surface area contributed by atoms with Crippen molar-refractivity contribution in [3.05, 3.63) is 101 Å². The lowest BCUT2D eigenvalue weighted by Crippen LogP contribution is -3.00. The van der Waals surface area contributed by atoms with Crippen LogP contribution in [-0.2, 0) is 37.1 Å². The maximum atomic E-state index is 6.14. The minimum atomic E-state index is 0. The molecule has 0 atom stereocenters. The minimum Gasteiger partial charge on any atom is -1.00 e. The molecule has 0 bridgehead atoms. The molecule has 0 radical (unpaired) electrons. The molecule has 3 aromatic carbocycles. The van der Waals surface area contributed by atoms with E-state index in [-0.39, 0.29) is 24.8 Å². The fourth-order valence-corrected chi connectivity index (χ4v) is 6.88. The predicted octanol–water partition coefficient (Wildman–Crippen LogP) is 9.39. The first-order valence-corrected chi connectivity index (χ1v) is 20.9. The highest BCUT2D eigenvalue weighted by Gasteiger charge is 2.15. The van der Waals surface area contributed by atoms with Crippen LogP contribution in [0.3, 0.4) is 0 Å². The van der Waals surface area contributed by atoms with E-state index in [4.69, 9.17) is 9.47 Å². The van der Waals surface area contributed by atoms with E-state index in [2.05, 4.69) is 141 Å². The van der Waals surface area contributed by atoms with E-state index in [0.717, 1.165) is 49.2 Å². The second-order valence-electron chi connectivity index (χ2n) is 16.8. The number of benzene rings is 3. The van der Waals surface area contributed by atoms with E-state index in [1.54, 1.807) is 0 Å². The lowest BCUT2D eigenvalue weighted by atomic mass is 9.92. The number of unbranched alkanes of at least 4 members (excludes halogenated alkanes) is 9. The molecule has 0 saturated carbocycles. The highest BCUT2D eigenvalue weighted by Crippen LogP contribution is 2.27. The molecular weight excluding hydrogens is 707 g/mol. The monoisotopic (exact) mass is 787 g/mol. The predicted molar refractivity (Wildman–Crippen MR) is 234 cm³/mol. The second-order valence-corrected chi connectivity index (χ2v) is 16.8. The third-order valence-corrected chi connectivity index (χ3v) is 9.58. The number of hydrogen-bond donors (Lipinski definition) is 0. The maximum Gasteiger partial charge on any atom is 0.122 e. The summed E-state index contributed by atoms with van der Waals surface area (Å²) in [6.07, 6.45) is 17.3. The first kappa shape index (κ1) is 51.9. The second kappa shape index (κ2) is 31.1. The maximum absolute atomic E-state index is 6.14. The number of quaternary nitrogens is 1. The zero-order valence-corrected chi connectivity index (χ0v) is 37.6. The van der Waals surface area contributed by atoms with Crippen molar-refractivity contribution in [2.75, 3.05) is 54.6 Å². The van der Waals surface area contributed by atoms with Crippen LogP contribution in [0.1, 0.15) is 127 Å². The van der Waals surface area contributed by atoms with Crippen LogP contribution < -0.4 is 17.1 Å². The molecule has 0 aliphatic rings. The summed E-state index contributed by atoms with van der Waals surface area (Å²) in [5.41, 5.74) is 6.92. The Labute approximate surface area is 346 Å². The Morgan fingerprint density at radius 1 is 0.611 bits per heavy atom. The summed E-state index contributed by atoms with van der Waals surface area (Å²) in [7, 11) is 8.91. The summed E-state index contributed by atoms with van der Waals surface area (Å²) in [5, 5.41) is 0. The molecule has 308 valence electrons. The molecule has 0 saturated heterocycles. The van der Waals surface area contributed by atoms with Crippen molar-refractivity contribution in [2.24, 2.45) is 11.8 Å². The molecule has 0 N–H and O–H groups in total. The lowest BCUT2D eigenvalue weighted by molar-refractivity contribution is -0.903. The fourth-order valence-electron chi connectivity index (χ4n) is 6.88. The summed E-state index contributed by atoms with van der Waals surface area (Å²) in [5.74, 6) is 2.29. The highest BCUT2D eigenvalue weighted by atomic mass is 35.5. The number of ether oxygens (including phenoxy) is 2. The summed E-state index contributed by atoms with van der Waals surface area (Å²) >= 11 is 0. The van der Waals surface area contributed by atoms with E-state index in [9.17, 15) is 0 Å². The van der Waals surface area contributed by atoms with Gasteiger partial charge in [0.15, 0.2) is 0 Å². The smallest absolute Gasteiger partial charge is 0.122 e. The Kier molecular flexibility index (Phi) is 29.9. The van der Waals surface area contributed by atoms with Gasteiger partial charge in [-0.25, -0.2) is 0 Å². The summed E-state index contributed by atoms with van der Waals surface area (Å²) < 4.78 is 13.1. The molecule has 6 heteroatoms. The zero-order valence-electron chi connectivity index (χ0n) is 36.0.